The van der Waals surface area contributed by atoms with Gasteiger partial charge in [-0.3, -0.25) is 0 Å². The van der Waals surface area contributed by atoms with Crippen LogP contribution in [0, 0.1) is 12.8 Å². The molecule has 0 spiro atoms. The monoisotopic (exact) mass is 374 g/mol. The number of piperidine rings is 1. The first-order valence-corrected chi connectivity index (χ1v) is 8.03. The van der Waals surface area contributed by atoms with Crippen LogP contribution in [0.5, 0.6) is 0 Å². The highest BCUT2D eigenvalue weighted by Gasteiger charge is 2.17. The van der Waals surface area contributed by atoms with E-state index in [0.29, 0.717) is 0 Å². The van der Waals surface area contributed by atoms with E-state index >= 15 is 0 Å². The van der Waals surface area contributed by atoms with E-state index in [-0.39, 0.29) is 0 Å². The molecule has 1 aliphatic rings. The number of anilines is 1. The van der Waals surface area contributed by atoms with E-state index < -0.39 is 0 Å². The molecule has 0 unspecified atom stereocenters. The molecule has 0 aromatic heterocycles. The largest absolute Gasteiger partial charge is 0.383 e. The number of hydrogen-bond acceptors (Lipinski definition) is 2. The molecular weight excluding hydrogens is 356 g/mol. The summed E-state index contributed by atoms with van der Waals surface area (Å²) < 4.78 is 2.28. The molecule has 0 radical (unpaired) electrons. The summed E-state index contributed by atoms with van der Waals surface area (Å²) in [5.74, 6) is 0.793. The number of benzene rings is 1. The topological polar surface area (TPSA) is 15.3 Å². The van der Waals surface area contributed by atoms with Gasteiger partial charge in [0.2, 0.25) is 0 Å². The summed E-state index contributed by atoms with van der Waals surface area (Å²) in [4.78, 5) is 2.41. The van der Waals surface area contributed by atoms with Crippen LogP contribution < -0.4 is 5.32 Å². The van der Waals surface area contributed by atoms with Gasteiger partial charge in [-0.25, -0.2) is 0 Å². The van der Waals surface area contributed by atoms with E-state index in [2.05, 4.69) is 68.2 Å². The predicted molar refractivity (Wildman–Crippen MR) is 85.3 cm³/mol. The number of likely N-dealkylation sites (tertiary alicyclic amines) is 1. The van der Waals surface area contributed by atoms with Gasteiger partial charge in [0.05, 0.1) is 5.69 Å². The Balaban J connectivity index is 1.94. The minimum Gasteiger partial charge on any atom is -0.383 e. The van der Waals surface area contributed by atoms with Gasteiger partial charge >= 0.3 is 0 Å². The van der Waals surface area contributed by atoms with Crippen LogP contribution in [0.2, 0.25) is 0 Å². The van der Waals surface area contributed by atoms with Crippen molar-refractivity contribution in [1.82, 2.24) is 4.90 Å². The normalized spacial score (nSPS) is 18.0. The molecule has 0 aliphatic carbocycles. The zero-order chi connectivity index (χ0) is 13.1. The summed E-state index contributed by atoms with van der Waals surface area (Å²) in [5, 5.41) is 3.58. The van der Waals surface area contributed by atoms with Gasteiger partial charge in [0.25, 0.3) is 0 Å². The summed E-state index contributed by atoms with van der Waals surface area (Å²) >= 11 is 7.26. The first kappa shape index (κ1) is 14.4. The molecule has 0 atom stereocenters. The lowest BCUT2D eigenvalue weighted by molar-refractivity contribution is 0.226. The van der Waals surface area contributed by atoms with Crippen molar-refractivity contribution in [3.05, 3.63) is 26.6 Å². The van der Waals surface area contributed by atoms with Gasteiger partial charge < -0.3 is 10.2 Å². The van der Waals surface area contributed by atoms with Crippen LogP contribution in [0.15, 0.2) is 21.1 Å². The van der Waals surface area contributed by atoms with Gasteiger partial charge in [-0.15, -0.1) is 0 Å². The number of aryl methyl sites for hydroxylation is 1. The van der Waals surface area contributed by atoms with Gasteiger partial charge in [-0.05, 0) is 95.4 Å². The Morgan fingerprint density at radius 3 is 2.33 bits per heavy atom. The third-order valence-corrected chi connectivity index (χ3v) is 4.84. The molecule has 4 heteroatoms. The number of rotatable bonds is 3. The van der Waals surface area contributed by atoms with Crippen LogP contribution in [0.1, 0.15) is 18.4 Å². The van der Waals surface area contributed by atoms with E-state index in [1.807, 2.05) is 0 Å². The summed E-state index contributed by atoms with van der Waals surface area (Å²) in [6, 6.07) is 4.31. The van der Waals surface area contributed by atoms with Crippen molar-refractivity contribution in [3.8, 4) is 0 Å². The van der Waals surface area contributed by atoms with Crippen molar-refractivity contribution in [3.63, 3.8) is 0 Å². The van der Waals surface area contributed by atoms with Gasteiger partial charge in [0.1, 0.15) is 0 Å². The lowest BCUT2D eigenvalue weighted by Gasteiger charge is -2.29. The molecule has 0 saturated carbocycles. The van der Waals surface area contributed by atoms with Crippen LogP contribution in [-0.4, -0.2) is 31.6 Å². The predicted octanol–water partition coefficient (Wildman–Crippen LogP) is 4.27. The molecule has 2 rings (SSSR count). The maximum Gasteiger partial charge on any atom is 0.0629 e. The molecule has 0 bridgehead atoms. The molecule has 1 fully saturated rings. The fourth-order valence-electron chi connectivity index (χ4n) is 2.38. The maximum absolute atomic E-state index is 3.63. The highest BCUT2D eigenvalue weighted by atomic mass is 79.9. The van der Waals surface area contributed by atoms with Crippen molar-refractivity contribution >= 4 is 37.5 Å². The van der Waals surface area contributed by atoms with Crippen LogP contribution in [0.25, 0.3) is 0 Å². The van der Waals surface area contributed by atoms with Gasteiger partial charge in [0.15, 0.2) is 0 Å². The zero-order valence-electron chi connectivity index (χ0n) is 11.0. The molecule has 100 valence electrons. The average molecular weight is 376 g/mol. The summed E-state index contributed by atoms with van der Waals surface area (Å²) in [6.45, 7) is 5.62. The fourth-order valence-corrected chi connectivity index (χ4v) is 4.08. The van der Waals surface area contributed by atoms with E-state index in [0.717, 1.165) is 21.4 Å². The smallest absolute Gasteiger partial charge is 0.0629 e. The van der Waals surface area contributed by atoms with Crippen molar-refractivity contribution in [2.75, 3.05) is 32.0 Å². The number of hydrogen-bond donors (Lipinski definition) is 1. The van der Waals surface area contributed by atoms with Crippen molar-refractivity contribution in [2.45, 2.75) is 19.8 Å². The molecule has 1 heterocycles. The van der Waals surface area contributed by atoms with E-state index in [1.165, 1.54) is 37.2 Å². The maximum atomic E-state index is 3.63. The van der Waals surface area contributed by atoms with Gasteiger partial charge in [-0.1, -0.05) is 0 Å². The van der Waals surface area contributed by atoms with E-state index in [4.69, 9.17) is 0 Å². The second-order valence-corrected chi connectivity index (χ2v) is 6.94. The molecule has 0 amide bonds. The SMILES string of the molecule is Cc1cc(Br)c(NCC2CCN(C)CC2)c(Br)c1. The fraction of sp³-hybridized carbons (Fsp3) is 0.571. The van der Waals surface area contributed by atoms with Crippen LogP contribution in [0.3, 0.4) is 0 Å². The first-order chi connectivity index (χ1) is 8.56. The summed E-state index contributed by atoms with van der Waals surface area (Å²) in [5.41, 5.74) is 2.44. The van der Waals surface area contributed by atoms with Crippen molar-refractivity contribution < 1.29 is 0 Å². The highest BCUT2D eigenvalue weighted by molar-refractivity contribution is 9.11. The molecular formula is C14H20Br2N2. The van der Waals surface area contributed by atoms with Gasteiger partial charge in [0, 0.05) is 15.5 Å². The zero-order valence-corrected chi connectivity index (χ0v) is 14.1. The highest BCUT2D eigenvalue weighted by Crippen LogP contribution is 2.32. The summed E-state index contributed by atoms with van der Waals surface area (Å²) in [7, 11) is 2.21. The second kappa shape index (κ2) is 6.40. The molecule has 1 saturated heterocycles. The van der Waals surface area contributed by atoms with Crippen molar-refractivity contribution in [2.24, 2.45) is 5.92 Å². The summed E-state index contributed by atoms with van der Waals surface area (Å²) in [6.07, 6.45) is 2.59. The Morgan fingerprint density at radius 2 is 1.78 bits per heavy atom. The third-order valence-electron chi connectivity index (χ3n) is 3.59. The lowest BCUT2D eigenvalue weighted by Crippen LogP contribution is -2.33. The van der Waals surface area contributed by atoms with E-state index in [9.17, 15) is 0 Å². The molecule has 1 aromatic rings. The number of halogens is 2. The van der Waals surface area contributed by atoms with Crippen LogP contribution in [0.4, 0.5) is 5.69 Å². The lowest BCUT2D eigenvalue weighted by atomic mass is 9.97. The number of nitrogens with one attached hydrogen (secondary N) is 1. The van der Waals surface area contributed by atoms with Crippen LogP contribution >= 0.6 is 31.9 Å². The Bertz CT molecular complexity index is 389. The van der Waals surface area contributed by atoms with E-state index in [1.54, 1.807) is 0 Å². The number of nitrogens with zero attached hydrogens (tertiary/aromatic N) is 1. The minimum absolute atomic E-state index is 0.793. The Kier molecular flexibility index (Phi) is 5.10. The standard InChI is InChI=1S/C14H20Br2N2/c1-10-7-12(15)14(13(16)8-10)17-9-11-3-5-18(2)6-4-11/h7-8,11,17H,3-6,9H2,1-2H3. The quantitative estimate of drug-likeness (QED) is 0.848. The van der Waals surface area contributed by atoms with Crippen molar-refractivity contribution in [1.29, 1.82) is 0 Å². The molecule has 18 heavy (non-hydrogen) atoms. The molecule has 1 aromatic carbocycles. The Labute approximate surface area is 126 Å². The first-order valence-electron chi connectivity index (χ1n) is 6.44. The van der Waals surface area contributed by atoms with Gasteiger partial charge in [-0.2, -0.15) is 0 Å². The molecule has 1 aliphatic heterocycles. The Morgan fingerprint density at radius 1 is 1.22 bits per heavy atom. The average Bonchev–Trinajstić information content (AvgIpc) is 2.30. The second-order valence-electron chi connectivity index (χ2n) is 5.23. The third kappa shape index (κ3) is 3.72. The minimum atomic E-state index is 0.793. The molecule has 2 nitrogen and oxygen atoms in total. The van der Waals surface area contributed by atoms with Crippen LogP contribution in [-0.2, 0) is 0 Å². The molecule has 1 N–H and O–H groups in total. The Hall–Kier alpha value is -0.0600.